The maximum absolute atomic E-state index is 4.20. The van der Waals surface area contributed by atoms with Gasteiger partial charge < -0.3 is 0 Å². The molecular weight excluding hydrogens is 134 g/mol. The van der Waals surface area contributed by atoms with Gasteiger partial charge in [0.05, 0.1) is 5.69 Å². The molecule has 0 radical (unpaired) electrons. The molecule has 0 spiro atoms. The molecule has 0 saturated heterocycles. The molecule has 11 heavy (non-hydrogen) atoms. The minimum Gasteiger partial charge on any atom is -0.256 e. The van der Waals surface area contributed by atoms with Crippen LogP contribution in [0.25, 0.3) is 11.3 Å². The summed E-state index contributed by atoms with van der Waals surface area (Å²) in [5.41, 5.74) is 3.55. The molecule has 1 heteroatoms. The van der Waals surface area contributed by atoms with Crippen LogP contribution >= 0.6 is 0 Å². The zero-order valence-electron chi connectivity index (χ0n) is 6.41. The minimum absolute atomic E-state index is 1.07. The highest BCUT2D eigenvalue weighted by Gasteiger charge is 1.98. The molecule has 0 saturated carbocycles. The fourth-order valence-electron chi connectivity index (χ4n) is 1.20. The highest BCUT2D eigenvalue weighted by Crippen LogP contribution is 2.18. The van der Waals surface area contributed by atoms with Crippen LogP contribution in [0.2, 0.25) is 0 Å². The van der Waals surface area contributed by atoms with E-state index in [9.17, 15) is 0 Å². The van der Waals surface area contributed by atoms with Crippen LogP contribution in [-0.4, -0.2) is 4.98 Å². The van der Waals surface area contributed by atoms with Gasteiger partial charge in [0.15, 0.2) is 0 Å². The highest BCUT2D eigenvalue weighted by atomic mass is 14.7. The Balaban J connectivity index is 2.73. The van der Waals surface area contributed by atoms with Crippen LogP contribution in [0.4, 0.5) is 0 Å². The molecule has 0 N–H and O–H groups in total. The van der Waals surface area contributed by atoms with E-state index in [1.54, 1.807) is 0 Å². The zero-order valence-corrected chi connectivity index (χ0v) is 6.41. The second-order valence-electron chi connectivity index (χ2n) is 2.70. The van der Waals surface area contributed by atoms with Gasteiger partial charge >= 0.3 is 0 Å². The van der Waals surface area contributed by atoms with Crippen LogP contribution in [0.15, 0.2) is 36.5 Å². The van der Waals surface area contributed by atoms with E-state index in [4.69, 9.17) is 0 Å². The molecule has 54 valence electrons. The van der Waals surface area contributed by atoms with Gasteiger partial charge in [-0.15, -0.1) is 0 Å². The molecule has 0 aromatic heterocycles. The van der Waals surface area contributed by atoms with Crippen LogP contribution in [0.1, 0.15) is 5.56 Å². The Labute approximate surface area is 66.1 Å². The lowest BCUT2D eigenvalue weighted by Crippen LogP contribution is -1.67. The standard InChI is InChI=1S/C10H9N/c1-8-3-2-4-10-9(7-8)5-6-11-10/h2-7H,1H3. The summed E-state index contributed by atoms with van der Waals surface area (Å²) in [6, 6.07) is 10.3. The average Bonchev–Trinajstić information content (AvgIpc) is 2.31. The largest absolute Gasteiger partial charge is 0.256 e. The Bertz CT molecular complexity index is 341. The first-order chi connectivity index (χ1) is 5.36. The van der Waals surface area contributed by atoms with Gasteiger partial charge in [-0.1, -0.05) is 17.7 Å². The summed E-state index contributed by atoms with van der Waals surface area (Å²) in [5.74, 6) is 0. The van der Waals surface area contributed by atoms with Gasteiger partial charge in [0, 0.05) is 11.8 Å². The van der Waals surface area contributed by atoms with E-state index >= 15 is 0 Å². The summed E-state index contributed by atoms with van der Waals surface area (Å²) in [6.07, 6.45) is 1.84. The number of rotatable bonds is 0. The second-order valence-corrected chi connectivity index (χ2v) is 2.70. The van der Waals surface area contributed by atoms with E-state index in [1.165, 1.54) is 11.1 Å². The van der Waals surface area contributed by atoms with E-state index in [0.717, 1.165) is 5.69 Å². The van der Waals surface area contributed by atoms with Crippen molar-refractivity contribution in [3.05, 3.63) is 42.1 Å². The quantitative estimate of drug-likeness (QED) is 0.552. The number of aryl methyl sites for hydroxylation is 1. The van der Waals surface area contributed by atoms with Crippen molar-refractivity contribution < 1.29 is 0 Å². The Morgan fingerprint density at radius 3 is 3.00 bits per heavy atom. The molecular formula is C10H9N. The van der Waals surface area contributed by atoms with Crippen molar-refractivity contribution in [2.45, 2.75) is 6.92 Å². The summed E-state index contributed by atoms with van der Waals surface area (Å²) < 4.78 is 0. The molecule has 1 heterocycles. The minimum atomic E-state index is 1.07. The molecule has 0 amide bonds. The molecule has 1 aliphatic carbocycles. The third-order valence-corrected chi connectivity index (χ3v) is 1.76. The first-order valence-corrected chi connectivity index (χ1v) is 3.68. The van der Waals surface area contributed by atoms with Gasteiger partial charge in [-0.05, 0) is 25.1 Å². The van der Waals surface area contributed by atoms with Crippen molar-refractivity contribution in [1.82, 2.24) is 4.98 Å². The van der Waals surface area contributed by atoms with Gasteiger partial charge in [-0.2, -0.15) is 0 Å². The van der Waals surface area contributed by atoms with Crippen molar-refractivity contribution in [1.29, 1.82) is 0 Å². The normalized spacial score (nSPS) is 10.3. The third-order valence-electron chi connectivity index (χ3n) is 1.76. The Hall–Kier alpha value is -1.37. The lowest BCUT2D eigenvalue weighted by molar-refractivity contribution is 1.42. The van der Waals surface area contributed by atoms with Gasteiger partial charge in [-0.3, -0.25) is 4.98 Å². The zero-order chi connectivity index (χ0) is 7.68. The first-order valence-electron chi connectivity index (χ1n) is 3.68. The fraction of sp³-hybridized carbons (Fsp3) is 0.100. The molecule has 1 nitrogen and oxygen atoms in total. The van der Waals surface area contributed by atoms with Gasteiger partial charge in [0.25, 0.3) is 0 Å². The maximum atomic E-state index is 4.20. The number of hydrogen-bond acceptors (Lipinski definition) is 1. The molecule has 2 rings (SSSR count). The van der Waals surface area contributed by atoms with E-state index in [0.29, 0.717) is 0 Å². The fourth-order valence-corrected chi connectivity index (χ4v) is 1.20. The molecule has 0 bridgehead atoms. The Morgan fingerprint density at radius 2 is 2.09 bits per heavy atom. The van der Waals surface area contributed by atoms with Crippen LogP contribution in [0.5, 0.6) is 0 Å². The van der Waals surface area contributed by atoms with Crippen molar-refractivity contribution in [3.8, 4) is 11.3 Å². The van der Waals surface area contributed by atoms with E-state index in [2.05, 4.69) is 24.0 Å². The lowest BCUT2D eigenvalue weighted by Gasteiger charge is -1.86. The first kappa shape index (κ1) is 6.35. The van der Waals surface area contributed by atoms with Crippen LogP contribution in [0.3, 0.4) is 0 Å². The van der Waals surface area contributed by atoms with Crippen molar-refractivity contribution in [2.24, 2.45) is 0 Å². The maximum Gasteiger partial charge on any atom is 0.0702 e. The number of aromatic nitrogens is 1. The Morgan fingerprint density at radius 1 is 1.18 bits per heavy atom. The van der Waals surface area contributed by atoms with E-state index < -0.39 is 0 Å². The molecule has 0 aromatic rings. The van der Waals surface area contributed by atoms with Crippen molar-refractivity contribution >= 4 is 0 Å². The highest BCUT2D eigenvalue weighted by molar-refractivity contribution is 5.60. The summed E-state index contributed by atoms with van der Waals surface area (Å²) in [5, 5.41) is 0. The van der Waals surface area contributed by atoms with Crippen molar-refractivity contribution in [2.75, 3.05) is 0 Å². The van der Waals surface area contributed by atoms with Crippen molar-refractivity contribution in [3.63, 3.8) is 0 Å². The van der Waals surface area contributed by atoms with Gasteiger partial charge in [-0.25, -0.2) is 0 Å². The average molecular weight is 143 g/mol. The summed E-state index contributed by atoms with van der Waals surface area (Å²) in [6.45, 7) is 2.09. The lowest BCUT2D eigenvalue weighted by atomic mass is 10.2. The Kier molecular flexibility index (Phi) is 1.35. The molecule has 1 aliphatic heterocycles. The van der Waals surface area contributed by atoms with E-state index in [1.807, 2.05) is 24.4 Å². The predicted octanol–water partition coefficient (Wildman–Crippen LogP) is 2.49. The van der Waals surface area contributed by atoms with Crippen LogP contribution in [0, 0.1) is 6.92 Å². The monoisotopic (exact) mass is 143 g/mol. The summed E-state index contributed by atoms with van der Waals surface area (Å²) in [7, 11) is 0. The molecule has 0 aromatic carbocycles. The third kappa shape index (κ3) is 1.09. The summed E-state index contributed by atoms with van der Waals surface area (Å²) >= 11 is 0. The number of hydrogen-bond donors (Lipinski definition) is 0. The molecule has 2 aliphatic rings. The van der Waals surface area contributed by atoms with Gasteiger partial charge in [0.1, 0.15) is 0 Å². The summed E-state index contributed by atoms with van der Waals surface area (Å²) in [4.78, 5) is 4.20. The topological polar surface area (TPSA) is 12.9 Å². The smallest absolute Gasteiger partial charge is 0.0702 e. The SMILES string of the molecule is Cc1cccc2nccc-2c1. The van der Waals surface area contributed by atoms with Crippen LogP contribution < -0.4 is 0 Å². The molecule has 0 fully saturated rings. The predicted molar refractivity (Wildman–Crippen MR) is 45.6 cm³/mol. The molecule has 0 unspecified atom stereocenters. The van der Waals surface area contributed by atoms with E-state index in [-0.39, 0.29) is 0 Å². The van der Waals surface area contributed by atoms with Crippen LogP contribution in [-0.2, 0) is 0 Å². The van der Waals surface area contributed by atoms with Gasteiger partial charge in [0.2, 0.25) is 0 Å². The number of fused-ring (bicyclic) bond motifs is 1. The number of nitrogens with zero attached hydrogens (tertiary/aromatic N) is 1. The second kappa shape index (κ2) is 2.35. The molecule has 0 atom stereocenters.